The first-order chi connectivity index (χ1) is 8.95. The van der Waals surface area contributed by atoms with Crippen molar-refractivity contribution >= 4 is 11.8 Å². The van der Waals surface area contributed by atoms with E-state index in [9.17, 15) is 0 Å². The molecule has 0 heterocycles. The van der Waals surface area contributed by atoms with Crippen LogP contribution < -0.4 is 5.73 Å². The van der Waals surface area contributed by atoms with E-state index in [4.69, 9.17) is 5.73 Å². The lowest BCUT2D eigenvalue weighted by molar-refractivity contribution is 0.243. The highest BCUT2D eigenvalue weighted by atomic mass is 32.2. The van der Waals surface area contributed by atoms with Crippen molar-refractivity contribution in [3.05, 3.63) is 29.8 Å². The third-order valence-electron chi connectivity index (χ3n) is 3.93. The summed E-state index contributed by atoms with van der Waals surface area (Å²) in [5.41, 5.74) is 7.49. The summed E-state index contributed by atoms with van der Waals surface area (Å²) in [6.45, 7) is 7.68. The lowest BCUT2D eigenvalue weighted by Crippen LogP contribution is -2.32. The summed E-state index contributed by atoms with van der Waals surface area (Å²) in [4.78, 5) is 3.71. The Bertz CT molecular complexity index is 362. The summed E-state index contributed by atoms with van der Waals surface area (Å²) >= 11 is 1.78. The first-order valence-corrected chi connectivity index (χ1v) is 8.28. The fourth-order valence-electron chi connectivity index (χ4n) is 2.02. The van der Waals surface area contributed by atoms with Crippen molar-refractivity contribution < 1.29 is 0 Å². The van der Waals surface area contributed by atoms with Gasteiger partial charge >= 0.3 is 0 Å². The molecule has 0 aliphatic heterocycles. The first-order valence-electron chi connectivity index (χ1n) is 7.05. The summed E-state index contributed by atoms with van der Waals surface area (Å²) < 4.78 is 0. The molecule has 0 aliphatic carbocycles. The molecule has 2 N–H and O–H groups in total. The topological polar surface area (TPSA) is 29.3 Å². The Morgan fingerprint density at radius 3 is 2.21 bits per heavy atom. The summed E-state index contributed by atoms with van der Waals surface area (Å²) in [5, 5.41) is 0. The molecular weight excluding hydrogens is 252 g/mol. The second-order valence-electron chi connectivity index (χ2n) is 5.63. The average molecular weight is 280 g/mol. The van der Waals surface area contributed by atoms with Crippen LogP contribution in [0.25, 0.3) is 0 Å². The van der Waals surface area contributed by atoms with Crippen LogP contribution in [0.2, 0.25) is 0 Å². The van der Waals surface area contributed by atoms with Crippen LogP contribution in [0.3, 0.4) is 0 Å². The monoisotopic (exact) mass is 280 g/mol. The molecule has 2 nitrogen and oxygen atoms in total. The van der Waals surface area contributed by atoms with Gasteiger partial charge in [0.2, 0.25) is 0 Å². The molecule has 0 radical (unpaired) electrons. The molecule has 1 aromatic rings. The molecule has 0 saturated carbocycles. The van der Waals surface area contributed by atoms with Gasteiger partial charge in [-0.05, 0) is 56.8 Å². The number of hydrogen-bond acceptors (Lipinski definition) is 3. The number of nitrogens with two attached hydrogens (primary N) is 1. The normalized spacial score (nSPS) is 14.9. The third kappa shape index (κ3) is 5.17. The lowest BCUT2D eigenvalue weighted by atomic mass is 10.0. The van der Waals surface area contributed by atoms with Gasteiger partial charge in [-0.15, -0.1) is 11.8 Å². The highest BCUT2D eigenvalue weighted by molar-refractivity contribution is 7.98. The van der Waals surface area contributed by atoms with E-state index in [0.717, 1.165) is 13.0 Å². The molecule has 0 saturated heterocycles. The van der Waals surface area contributed by atoms with E-state index >= 15 is 0 Å². The molecule has 1 rings (SSSR count). The SMILES string of the molecule is CSc1ccc(C(C)N(C)CCC(N)C(C)C)cc1. The Morgan fingerprint density at radius 2 is 1.74 bits per heavy atom. The minimum Gasteiger partial charge on any atom is -0.327 e. The molecule has 2 atom stereocenters. The van der Waals surface area contributed by atoms with E-state index < -0.39 is 0 Å². The Labute approximate surface area is 122 Å². The molecule has 0 aromatic heterocycles. The molecule has 0 aliphatic rings. The van der Waals surface area contributed by atoms with Crippen molar-refractivity contribution in [3.8, 4) is 0 Å². The minimum absolute atomic E-state index is 0.300. The van der Waals surface area contributed by atoms with E-state index in [-0.39, 0.29) is 0 Å². The third-order valence-corrected chi connectivity index (χ3v) is 4.67. The maximum Gasteiger partial charge on any atom is 0.0316 e. The number of hydrogen-bond donors (Lipinski definition) is 1. The Balaban J connectivity index is 2.53. The van der Waals surface area contributed by atoms with Crippen molar-refractivity contribution in [2.75, 3.05) is 19.8 Å². The summed E-state index contributed by atoms with van der Waals surface area (Å²) in [7, 11) is 2.18. The van der Waals surface area contributed by atoms with Gasteiger partial charge in [0.25, 0.3) is 0 Å². The summed E-state index contributed by atoms with van der Waals surface area (Å²) in [5.74, 6) is 0.560. The molecule has 0 fully saturated rings. The van der Waals surface area contributed by atoms with E-state index in [1.165, 1.54) is 10.5 Å². The van der Waals surface area contributed by atoms with Crippen LogP contribution >= 0.6 is 11.8 Å². The number of thioether (sulfide) groups is 1. The van der Waals surface area contributed by atoms with Crippen molar-refractivity contribution in [2.45, 2.75) is 44.2 Å². The number of benzene rings is 1. The molecule has 0 amide bonds. The van der Waals surface area contributed by atoms with Gasteiger partial charge in [0.05, 0.1) is 0 Å². The van der Waals surface area contributed by atoms with E-state index in [1.807, 2.05) is 0 Å². The van der Waals surface area contributed by atoms with Crippen LogP contribution in [0, 0.1) is 5.92 Å². The van der Waals surface area contributed by atoms with E-state index in [2.05, 4.69) is 63.2 Å². The molecule has 19 heavy (non-hydrogen) atoms. The van der Waals surface area contributed by atoms with Gasteiger partial charge in [0.15, 0.2) is 0 Å². The standard InChI is InChI=1S/C16H28N2S/c1-12(2)16(17)10-11-18(4)13(3)14-6-8-15(19-5)9-7-14/h6-9,12-13,16H,10-11,17H2,1-5H3. The van der Waals surface area contributed by atoms with Gasteiger partial charge in [-0.3, -0.25) is 4.90 Å². The van der Waals surface area contributed by atoms with Crippen LogP contribution in [0.4, 0.5) is 0 Å². The maximum atomic E-state index is 6.11. The average Bonchev–Trinajstić information content (AvgIpc) is 2.43. The second-order valence-corrected chi connectivity index (χ2v) is 6.51. The highest BCUT2D eigenvalue weighted by Crippen LogP contribution is 2.22. The van der Waals surface area contributed by atoms with Gasteiger partial charge < -0.3 is 5.73 Å². The zero-order valence-electron chi connectivity index (χ0n) is 12.9. The second kappa shape index (κ2) is 7.93. The Hall–Kier alpha value is -0.510. The molecule has 108 valence electrons. The maximum absolute atomic E-state index is 6.11. The Kier molecular flexibility index (Phi) is 6.90. The molecule has 0 spiro atoms. The van der Waals surface area contributed by atoms with Crippen LogP contribution in [0.15, 0.2) is 29.2 Å². The van der Waals surface area contributed by atoms with Gasteiger partial charge in [-0.25, -0.2) is 0 Å². The zero-order valence-corrected chi connectivity index (χ0v) is 13.7. The largest absolute Gasteiger partial charge is 0.327 e. The van der Waals surface area contributed by atoms with Crippen molar-refractivity contribution in [2.24, 2.45) is 11.7 Å². The van der Waals surface area contributed by atoms with Crippen molar-refractivity contribution in [1.82, 2.24) is 4.90 Å². The molecular formula is C16H28N2S. The van der Waals surface area contributed by atoms with Crippen molar-refractivity contribution in [1.29, 1.82) is 0 Å². The predicted molar refractivity (Wildman–Crippen MR) is 86.7 cm³/mol. The quantitative estimate of drug-likeness (QED) is 0.771. The van der Waals surface area contributed by atoms with Crippen molar-refractivity contribution in [3.63, 3.8) is 0 Å². The summed E-state index contributed by atoms with van der Waals surface area (Å²) in [6.07, 6.45) is 3.17. The van der Waals surface area contributed by atoms with Gasteiger partial charge in [-0.2, -0.15) is 0 Å². The van der Waals surface area contributed by atoms with Crippen LogP contribution in [0.5, 0.6) is 0 Å². The zero-order chi connectivity index (χ0) is 14.4. The fourth-order valence-corrected chi connectivity index (χ4v) is 2.42. The van der Waals surface area contributed by atoms with E-state index in [1.54, 1.807) is 11.8 Å². The highest BCUT2D eigenvalue weighted by Gasteiger charge is 2.14. The van der Waals surface area contributed by atoms with Crippen LogP contribution in [0.1, 0.15) is 38.8 Å². The lowest BCUT2D eigenvalue weighted by Gasteiger charge is -2.27. The molecule has 0 bridgehead atoms. The van der Waals surface area contributed by atoms with E-state index in [0.29, 0.717) is 18.0 Å². The molecule has 1 aromatic carbocycles. The first kappa shape index (κ1) is 16.5. The Morgan fingerprint density at radius 1 is 1.16 bits per heavy atom. The van der Waals surface area contributed by atoms with Crippen LogP contribution in [-0.4, -0.2) is 30.8 Å². The molecule has 2 unspecified atom stereocenters. The number of nitrogens with zero attached hydrogens (tertiary/aromatic N) is 1. The number of rotatable bonds is 7. The summed E-state index contributed by atoms with van der Waals surface area (Å²) in [6, 6.07) is 9.60. The fraction of sp³-hybridized carbons (Fsp3) is 0.625. The van der Waals surface area contributed by atoms with Crippen LogP contribution in [-0.2, 0) is 0 Å². The van der Waals surface area contributed by atoms with Gasteiger partial charge in [-0.1, -0.05) is 26.0 Å². The molecule has 3 heteroatoms. The van der Waals surface area contributed by atoms with Gasteiger partial charge in [0.1, 0.15) is 0 Å². The predicted octanol–water partition coefficient (Wildman–Crippen LogP) is 3.77. The minimum atomic E-state index is 0.300. The van der Waals surface area contributed by atoms with Gasteiger partial charge in [0, 0.05) is 17.0 Å². The smallest absolute Gasteiger partial charge is 0.0316 e.